The fourth-order valence-electron chi connectivity index (χ4n) is 1.74. The van der Waals surface area contributed by atoms with Crippen LogP contribution in [0.1, 0.15) is 28.8 Å². The van der Waals surface area contributed by atoms with Crippen molar-refractivity contribution in [2.24, 2.45) is 11.1 Å². The first-order valence-corrected chi connectivity index (χ1v) is 7.45. The first-order chi connectivity index (χ1) is 8.79. The van der Waals surface area contributed by atoms with E-state index in [-0.39, 0.29) is 11.1 Å². The lowest BCUT2D eigenvalue weighted by Crippen LogP contribution is -2.26. The van der Waals surface area contributed by atoms with Crippen LogP contribution in [0.2, 0.25) is 0 Å². The molecule has 0 heterocycles. The fraction of sp³-hybridized carbons (Fsp3) is 0.417. The summed E-state index contributed by atoms with van der Waals surface area (Å²) in [5, 5.41) is 7.62. The Hall–Kier alpha value is -1.47. The molecule has 2 rings (SSSR count). The van der Waals surface area contributed by atoms with Gasteiger partial charge < -0.3 is 5.32 Å². The highest BCUT2D eigenvalue weighted by atomic mass is 32.2. The Morgan fingerprint density at radius 1 is 1.47 bits per heavy atom. The number of halogens is 1. The number of primary sulfonamides is 1. The number of carbonyl (C=O) groups excluding carboxylic acids is 1. The number of carbonyl (C=O) groups is 1. The van der Waals surface area contributed by atoms with E-state index in [1.807, 2.05) is 0 Å². The predicted octanol–water partition coefficient (Wildman–Crippen LogP) is 0.921. The van der Waals surface area contributed by atoms with Crippen LogP contribution >= 0.6 is 0 Å². The van der Waals surface area contributed by atoms with E-state index in [9.17, 15) is 17.6 Å². The monoisotopic (exact) mass is 286 g/mol. The van der Waals surface area contributed by atoms with Gasteiger partial charge in [0.2, 0.25) is 10.0 Å². The van der Waals surface area contributed by atoms with E-state index in [1.165, 1.54) is 13.0 Å². The number of sulfonamides is 1. The molecule has 1 aliphatic rings. The zero-order chi connectivity index (χ0) is 14.2. The zero-order valence-corrected chi connectivity index (χ0v) is 11.3. The quantitative estimate of drug-likeness (QED) is 0.862. The van der Waals surface area contributed by atoms with Gasteiger partial charge in [-0.25, -0.2) is 17.9 Å². The van der Waals surface area contributed by atoms with Gasteiger partial charge in [-0.1, -0.05) is 0 Å². The van der Waals surface area contributed by atoms with E-state index < -0.39 is 26.6 Å². The van der Waals surface area contributed by atoms with Crippen molar-refractivity contribution >= 4 is 15.9 Å². The van der Waals surface area contributed by atoms with Crippen LogP contribution < -0.4 is 10.5 Å². The Labute approximate surface area is 111 Å². The third-order valence-electron chi connectivity index (χ3n) is 3.04. The SMILES string of the molecule is Cc1cc(C(=O)NCC2CC2)cc(S(N)(=O)=O)c1F. The molecule has 0 bridgehead atoms. The molecule has 0 radical (unpaired) electrons. The maximum Gasteiger partial charge on any atom is 0.251 e. The number of nitrogens with one attached hydrogen (secondary N) is 1. The average Bonchev–Trinajstić information content (AvgIpc) is 3.11. The normalized spacial score (nSPS) is 15.3. The van der Waals surface area contributed by atoms with Crippen molar-refractivity contribution in [3.8, 4) is 0 Å². The van der Waals surface area contributed by atoms with Crippen LogP contribution in [0.3, 0.4) is 0 Å². The van der Waals surface area contributed by atoms with E-state index in [0.29, 0.717) is 12.5 Å². The van der Waals surface area contributed by atoms with Crippen molar-refractivity contribution in [3.63, 3.8) is 0 Å². The van der Waals surface area contributed by atoms with Gasteiger partial charge in [0.25, 0.3) is 5.91 Å². The molecule has 1 amide bonds. The van der Waals surface area contributed by atoms with Gasteiger partial charge >= 0.3 is 0 Å². The van der Waals surface area contributed by atoms with Gasteiger partial charge in [0.1, 0.15) is 10.7 Å². The van der Waals surface area contributed by atoms with E-state index >= 15 is 0 Å². The largest absolute Gasteiger partial charge is 0.352 e. The number of nitrogens with two attached hydrogens (primary N) is 1. The molecular formula is C12H15FN2O3S. The standard InChI is InChI=1S/C12H15FN2O3S/c1-7-4-9(12(16)15-6-8-2-3-8)5-10(11(7)13)19(14,17)18/h4-5,8H,2-3,6H2,1H3,(H,15,16)(H2,14,17,18). The predicted molar refractivity (Wildman–Crippen MR) is 67.6 cm³/mol. The smallest absolute Gasteiger partial charge is 0.251 e. The highest BCUT2D eigenvalue weighted by molar-refractivity contribution is 7.89. The molecule has 0 aliphatic heterocycles. The highest BCUT2D eigenvalue weighted by Crippen LogP contribution is 2.27. The van der Waals surface area contributed by atoms with Crippen molar-refractivity contribution in [2.75, 3.05) is 6.54 Å². The molecule has 1 aromatic rings. The fourth-order valence-corrected chi connectivity index (χ4v) is 2.44. The molecular weight excluding hydrogens is 271 g/mol. The van der Waals surface area contributed by atoms with Crippen LogP contribution in [-0.4, -0.2) is 20.9 Å². The van der Waals surface area contributed by atoms with Crippen LogP contribution in [-0.2, 0) is 10.0 Å². The molecule has 0 unspecified atom stereocenters. The third kappa shape index (κ3) is 3.30. The minimum absolute atomic E-state index is 0.0723. The summed E-state index contributed by atoms with van der Waals surface area (Å²) >= 11 is 0. The van der Waals surface area contributed by atoms with Gasteiger partial charge in [0.15, 0.2) is 0 Å². The number of hydrogen-bond donors (Lipinski definition) is 2. The molecule has 104 valence electrons. The lowest BCUT2D eigenvalue weighted by molar-refractivity contribution is 0.0951. The number of benzene rings is 1. The summed E-state index contributed by atoms with van der Waals surface area (Å²) in [6, 6.07) is 2.28. The lowest BCUT2D eigenvalue weighted by Gasteiger charge is -2.09. The number of amides is 1. The number of rotatable bonds is 4. The Morgan fingerprint density at radius 3 is 2.63 bits per heavy atom. The third-order valence-corrected chi connectivity index (χ3v) is 3.95. The van der Waals surface area contributed by atoms with Crippen molar-refractivity contribution < 1.29 is 17.6 Å². The lowest BCUT2D eigenvalue weighted by atomic mass is 10.1. The van der Waals surface area contributed by atoms with Gasteiger partial charge in [0.05, 0.1) is 0 Å². The van der Waals surface area contributed by atoms with Crippen molar-refractivity contribution in [2.45, 2.75) is 24.7 Å². The molecule has 1 aliphatic carbocycles. The summed E-state index contributed by atoms with van der Waals surface area (Å²) in [7, 11) is -4.19. The van der Waals surface area contributed by atoms with E-state index in [4.69, 9.17) is 5.14 Å². The Kier molecular flexibility index (Phi) is 3.60. The van der Waals surface area contributed by atoms with Crippen LogP contribution in [0.5, 0.6) is 0 Å². The Morgan fingerprint density at radius 2 is 2.11 bits per heavy atom. The van der Waals surface area contributed by atoms with Crippen LogP contribution in [0.4, 0.5) is 4.39 Å². The van der Waals surface area contributed by atoms with Gasteiger partial charge in [-0.05, 0) is 43.4 Å². The molecule has 0 saturated heterocycles. The molecule has 1 saturated carbocycles. The minimum atomic E-state index is -4.19. The average molecular weight is 286 g/mol. The van der Waals surface area contributed by atoms with Crippen molar-refractivity contribution in [3.05, 3.63) is 29.1 Å². The van der Waals surface area contributed by atoms with Gasteiger partial charge in [-0.3, -0.25) is 4.79 Å². The number of hydrogen-bond acceptors (Lipinski definition) is 3. The topological polar surface area (TPSA) is 89.3 Å². The van der Waals surface area contributed by atoms with E-state index in [0.717, 1.165) is 18.9 Å². The second-order valence-corrected chi connectivity index (χ2v) is 6.33. The molecule has 1 aromatic carbocycles. The Bertz CT molecular complexity index is 624. The van der Waals surface area contributed by atoms with Crippen molar-refractivity contribution in [1.82, 2.24) is 5.32 Å². The molecule has 0 atom stereocenters. The zero-order valence-electron chi connectivity index (χ0n) is 10.4. The maximum atomic E-state index is 13.7. The summed E-state index contributed by atoms with van der Waals surface area (Å²) in [6.45, 7) is 1.95. The molecule has 19 heavy (non-hydrogen) atoms. The highest BCUT2D eigenvalue weighted by Gasteiger charge is 2.23. The molecule has 0 spiro atoms. The van der Waals surface area contributed by atoms with Crippen LogP contribution in [0.25, 0.3) is 0 Å². The summed E-state index contributed by atoms with van der Waals surface area (Å²) < 4.78 is 36.2. The van der Waals surface area contributed by atoms with Crippen LogP contribution in [0, 0.1) is 18.7 Å². The molecule has 3 N–H and O–H groups in total. The maximum absolute atomic E-state index is 13.7. The van der Waals surface area contributed by atoms with Gasteiger partial charge in [-0.2, -0.15) is 0 Å². The second kappa shape index (κ2) is 4.90. The van der Waals surface area contributed by atoms with E-state index in [1.54, 1.807) is 0 Å². The second-order valence-electron chi connectivity index (χ2n) is 4.80. The molecule has 0 aromatic heterocycles. The minimum Gasteiger partial charge on any atom is -0.352 e. The molecule has 5 nitrogen and oxygen atoms in total. The molecule has 1 fully saturated rings. The number of aryl methyl sites for hydroxylation is 1. The Balaban J connectivity index is 2.30. The van der Waals surface area contributed by atoms with Gasteiger partial charge in [-0.15, -0.1) is 0 Å². The van der Waals surface area contributed by atoms with Crippen LogP contribution in [0.15, 0.2) is 17.0 Å². The van der Waals surface area contributed by atoms with Gasteiger partial charge in [0, 0.05) is 12.1 Å². The summed E-state index contributed by atoms with van der Waals surface area (Å²) in [5.41, 5.74) is 0.173. The molecule has 7 heteroatoms. The summed E-state index contributed by atoms with van der Waals surface area (Å²) in [6.07, 6.45) is 2.18. The summed E-state index contributed by atoms with van der Waals surface area (Å²) in [5.74, 6) is -0.829. The van der Waals surface area contributed by atoms with Crippen molar-refractivity contribution in [1.29, 1.82) is 0 Å². The first-order valence-electron chi connectivity index (χ1n) is 5.90. The first kappa shape index (κ1) is 14.0. The summed E-state index contributed by atoms with van der Waals surface area (Å²) in [4.78, 5) is 11.2. The van der Waals surface area contributed by atoms with E-state index in [2.05, 4.69) is 5.32 Å².